The van der Waals surface area contributed by atoms with Crippen LogP contribution in [0.25, 0.3) is 0 Å². The van der Waals surface area contributed by atoms with Gasteiger partial charge < -0.3 is 14.4 Å². The summed E-state index contributed by atoms with van der Waals surface area (Å²) in [6.07, 6.45) is 2.17. The van der Waals surface area contributed by atoms with Crippen LogP contribution in [-0.4, -0.2) is 58.5 Å². The number of fused-ring (bicyclic) bond motifs is 1. The van der Waals surface area contributed by atoms with Crippen molar-refractivity contribution in [2.45, 2.75) is 18.6 Å². The van der Waals surface area contributed by atoms with Gasteiger partial charge in [-0.3, -0.25) is 0 Å². The predicted molar refractivity (Wildman–Crippen MR) is 76.4 cm³/mol. The third kappa shape index (κ3) is 3.13. The average Bonchev–Trinajstić information content (AvgIpc) is 3.01. The normalized spacial score (nSPS) is 18.7. The average molecular weight is 289 g/mol. The van der Waals surface area contributed by atoms with Gasteiger partial charge in [-0.15, -0.1) is 10.2 Å². The second-order valence-corrected chi connectivity index (χ2v) is 5.33. The molecule has 2 atom stereocenters. The fraction of sp³-hybridized carbons (Fsp3) is 0.500. The molecule has 2 unspecified atom stereocenters. The lowest BCUT2D eigenvalue weighted by atomic mass is 10.1. The summed E-state index contributed by atoms with van der Waals surface area (Å²) in [4.78, 5) is 3.74. The van der Waals surface area contributed by atoms with Crippen LogP contribution in [0.2, 0.25) is 0 Å². The second kappa shape index (κ2) is 6.09. The minimum absolute atomic E-state index is 0.0109. The summed E-state index contributed by atoms with van der Waals surface area (Å²) in [5.41, 5.74) is 0. The molecule has 3 rings (SSSR count). The van der Waals surface area contributed by atoms with Crippen molar-refractivity contribution in [1.82, 2.24) is 25.1 Å². The lowest BCUT2D eigenvalue weighted by Gasteiger charge is -2.31. The monoisotopic (exact) mass is 289 g/mol. The number of hydrogen-bond donors (Lipinski definition) is 0. The maximum absolute atomic E-state index is 6.08. The molecule has 1 aromatic heterocycles. The van der Waals surface area contributed by atoms with Gasteiger partial charge in [-0.1, -0.05) is 12.1 Å². The molecular formula is C14H19N5O2. The molecule has 0 spiro atoms. The zero-order chi connectivity index (χ0) is 14.7. The highest BCUT2D eigenvalue weighted by Gasteiger charge is 2.31. The summed E-state index contributed by atoms with van der Waals surface area (Å²) in [5, 5.41) is 12.0. The van der Waals surface area contributed by atoms with E-state index >= 15 is 0 Å². The molecule has 7 nitrogen and oxygen atoms in total. The van der Waals surface area contributed by atoms with E-state index in [0.717, 1.165) is 24.5 Å². The zero-order valence-electron chi connectivity index (χ0n) is 12.2. The Bertz CT molecular complexity index is 573. The Labute approximate surface area is 123 Å². The minimum Gasteiger partial charge on any atom is -0.486 e. The molecule has 1 aliphatic heterocycles. The van der Waals surface area contributed by atoms with Crippen molar-refractivity contribution in [3.63, 3.8) is 0 Å². The largest absolute Gasteiger partial charge is 0.486 e. The smallest absolute Gasteiger partial charge is 0.162 e. The minimum atomic E-state index is -0.131. The summed E-state index contributed by atoms with van der Waals surface area (Å²) < 4.78 is 11.9. The van der Waals surface area contributed by atoms with Crippen LogP contribution in [0.5, 0.6) is 11.5 Å². The molecule has 0 saturated heterocycles. The quantitative estimate of drug-likeness (QED) is 0.818. The Kier molecular flexibility index (Phi) is 4.01. The van der Waals surface area contributed by atoms with E-state index in [1.54, 1.807) is 4.80 Å². The number of nitrogens with zero attached hydrogens (tertiary/aromatic N) is 5. The Morgan fingerprint density at radius 1 is 1.33 bits per heavy atom. The lowest BCUT2D eigenvalue weighted by Crippen LogP contribution is -2.39. The number of benzene rings is 1. The highest BCUT2D eigenvalue weighted by Crippen LogP contribution is 2.34. The fourth-order valence-corrected chi connectivity index (χ4v) is 2.39. The first-order chi connectivity index (χ1) is 10.2. The molecular weight excluding hydrogens is 270 g/mol. The van der Waals surface area contributed by atoms with Gasteiger partial charge in [0.25, 0.3) is 0 Å². The third-order valence-corrected chi connectivity index (χ3v) is 3.49. The summed E-state index contributed by atoms with van der Waals surface area (Å²) in [6.45, 7) is 1.39. The van der Waals surface area contributed by atoms with E-state index in [1.165, 1.54) is 6.33 Å². The molecule has 1 aromatic carbocycles. The van der Waals surface area contributed by atoms with E-state index in [0.29, 0.717) is 6.61 Å². The van der Waals surface area contributed by atoms with Crippen molar-refractivity contribution in [2.75, 3.05) is 27.2 Å². The van der Waals surface area contributed by atoms with E-state index in [2.05, 4.69) is 20.3 Å². The zero-order valence-corrected chi connectivity index (χ0v) is 12.2. The van der Waals surface area contributed by atoms with Crippen molar-refractivity contribution in [3.05, 3.63) is 30.6 Å². The molecule has 2 heterocycles. The number of aromatic nitrogens is 4. The third-order valence-electron chi connectivity index (χ3n) is 3.49. The lowest BCUT2D eigenvalue weighted by molar-refractivity contribution is 0.0368. The molecule has 112 valence electrons. The molecule has 7 heteroatoms. The van der Waals surface area contributed by atoms with Crippen LogP contribution in [0.1, 0.15) is 12.5 Å². The van der Waals surface area contributed by atoms with Crippen LogP contribution >= 0.6 is 0 Å². The van der Waals surface area contributed by atoms with Crippen molar-refractivity contribution in [3.8, 4) is 11.5 Å². The van der Waals surface area contributed by atoms with Gasteiger partial charge in [-0.05, 0) is 44.4 Å². The Balaban J connectivity index is 1.78. The van der Waals surface area contributed by atoms with E-state index in [-0.39, 0.29) is 12.1 Å². The van der Waals surface area contributed by atoms with E-state index in [9.17, 15) is 0 Å². The van der Waals surface area contributed by atoms with Gasteiger partial charge >= 0.3 is 0 Å². The van der Waals surface area contributed by atoms with Crippen LogP contribution in [0.15, 0.2) is 30.6 Å². The topological polar surface area (TPSA) is 65.3 Å². The fourth-order valence-electron chi connectivity index (χ4n) is 2.39. The maximum Gasteiger partial charge on any atom is 0.162 e. The molecule has 0 saturated carbocycles. The van der Waals surface area contributed by atoms with E-state index in [4.69, 9.17) is 9.47 Å². The molecule has 0 bridgehead atoms. The van der Waals surface area contributed by atoms with Gasteiger partial charge in [0.2, 0.25) is 0 Å². The molecule has 0 aliphatic carbocycles. The van der Waals surface area contributed by atoms with Crippen molar-refractivity contribution in [2.24, 2.45) is 0 Å². The van der Waals surface area contributed by atoms with Gasteiger partial charge in [-0.25, -0.2) is 0 Å². The molecule has 2 aromatic rings. The predicted octanol–water partition coefficient (Wildman–Crippen LogP) is 1.01. The summed E-state index contributed by atoms with van der Waals surface area (Å²) in [5.74, 6) is 1.55. The van der Waals surface area contributed by atoms with Crippen molar-refractivity contribution >= 4 is 0 Å². The highest BCUT2D eigenvalue weighted by atomic mass is 16.6. The molecule has 1 aliphatic rings. The van der Waals surface area contributed by atoms with Crippen LogP contribution in [0.3, 0.4) is 0 Å². The van der Waals surface area contributed by atoms with Crippen LogP contribution in [0, 0.1) is 0 Å². The van der Waals surface area contributed by atoms with Gasteiger partial charge in [0.1, 0.15) is 12.6 Å². The van der Waals surface area contributed by atoms with Gasteiger partial charge in [0.05, 0.1) is 0 Å². The standard InChI is InChI=1S/C14H19N5O2/c1-18(2)8-7-11(19-16-10-15-17-19)14-9-20-12-5-3-4-6-13(12)21-14/h3-6,10-11,14H,7-9H2,1-2H3. The van der Waals surface area contributed by atoms with E-state index in [1.807, 2.05) is 38.4 Å². The van der Waals surface area contributed by atoms with Gasteiger partial charge in [0.15, 0.2) is 23.9 Å². The number of rotatable bonds is 5. The van der Waals surface area contributed by atoms with Crippen LogP contribution < -0.4 is 9.47 Å². The number of tetrazole rings is 1. The van der Waals surface area contributed by atoms with Crippen molar-refractivity contribution in [1.29, 1.82) is 0 Å². The maximum atomic E-state index is 6.08. The first-order valence-electron chi connectivity index (χ1n) is 7.00. The van der Waals surface area contributed by atoms with Crippen LogP contribution in [-0.2, 0) is 0 Å². The molecule has 0 radical (unpaired) electrons. The van der Waals surface area contributed by atoms with Gasteiger partial charge in [-0.2, -0.15) is 4.80 Å². The van der Waals surface area contributed by atoms with Crippen molar-refractivity contribution < 1.29 is 9.47 Å². The Morgan fingerprint density at radius 2 is 2.14 bits per heavy atom. The summed E-state index contributed by atoms with van der Waals surface area (Å²) in [7, 11) is 4.08. The second-order valence-electron chi connectivity index (χ2n) is 5.33. The number of para-hydroxylation sites is 2. The summed E-state index contributed by atoms with van der Waals surface area (Å²) >= 11 is 0. The molecule has 0 amide bonds. The first-order valence-corrected chi connectivity index (χ1v) is 7.00. The highest BCUT2D eigenvalue weighted by molar-refractivity contribution is 5.40. The first kappa shape index (κ1) is 13.8. The Morgan fingerprint density at radius 3 is 2.86 bits per heavy atom. The van der Waals surface area contributed by atoms with Crippen LogP contribution in [0.4, 0.5) is 0 Å². The molecule has 0 fully saturated rings. The summed E-state index contributed by atoms with van der Waals surface area (Å²) in [6, 6.07) is 7.69. The number of ether oxygens (including phenoxy) is 2. The number of hydrogen-bond acceptors (Lipinski definition) is 6. The molecule has 0 N–H and O–H groups in total. The Hall–Kier alpha value is -2.15. The van der Waals surface area contributed by atoms with E-state index < -0.39 is 0 Å². The SMILES string of the molecule is CN(C)CCC(C1COc2ccccc2O1)n1ncnn1. The van der Waals surface area contributed by atoms with Gasteiger partial charge in [0, 0.05) is 0 Å². The molecule has 21 heavy (non-hydrogen) atoms.